The van der Waals surface area contributed by atoms with Gasteiger partial charge in [-0.3, -0.25) is 4.98 Å². The second-order valence-electron chi connectivity index (χ2n) is 5.60. The number of nitrogens with zero attached hydrogens (tertiary/aromatic N) is 1. The molecule has 2 aromatic rings. The molecule has 1 aromatic carbocycles. The molecule has 1 aliphatic carbocycles. The van der Waals surface area contributed by atoms with Crippen LogP contribution in [0.3, 0.4) is 0 Å². The van der Waals surface area contributed by atoms with Gasteiger partial charge in [-0.1, -0.05) is 37.8 Å². The Hall–Kier alpha value is -1.41. The van der Waals surface area contributed by atoms with Gasteiger partial charge in [0.25, 0.3) is 0 Å². The van der Waals surface area contributed by atoms with Crippen LogP contribution in [0.4, 0.5) is 0 Å². The molecule has 0 aliphatic heterocycles. The summed E-state index contributed by atoms with van der Waals surface area (Å²) in [6.07, 6.45) is 10.1. The molecule has 0 unspecified atom stereocenters. The van der Waals surface area contributed by atoms with Gasteiger partial charge in [-0.2, -0.15) is 0 Å². The van der Waals surface area contributed by atoms with E-state index in [1.165, 1.54) is 49.5 Å². The quantitative estimate of drug-likeness (QED) is 0.836. The van der Waals surface area contributed by atoms with Crippen molar-refractivity contribution in [1.29, 1.82) is 0 Å². The largest absolute Gasteiger partial charge is 0.310 e. The normalized spacial score (nSPS) is 17.5. The number of nitrogens with one attached hydrogen (secondary N) is 1. The Morgan fingerprint density at radius 1 is 1.05 bits per heavy atom. The van der Waals surface area contributed by atoms with Crippen molar-refractivity contribution in [2.75, 3.05) is 0 Å². The van der Waals surface area contributed by atoms with Crippen molar-refractivity contribution in [1.82, 2.24) is 10.3 Å². The van der Waals surface area contributed by atoms with E-state index in [4.69, 9.17) is 0 Å². The van der Waals surface area contributed by atoms with E-state index >= 15 is 0 Å². The molecule has 1 saturated carbocycles. The van der Waals surface area contributed by atoms with Gasteiger partial charge in [-0.15, -0.1) is 0 Å². The molecule has 0 amide bonds. The smallest absolute Gasteiger partial charge is 0.0702 e. The molecular weight excluding hydrogens is 232 g/mol. The third-order valence-corrected chi connectivity index (χ3v) is 4.12. The van der Waals surface area contributed by atoms with Crippen molar-refractivity contribution in [2.45, 2.75) is 51.1 Å². The van der Waals surface area contributed by atoms with Crippen LogP contribution in [0.1, 0.15) is 44.1 Å². The molecule has 1 aromatic heterocycles. The van der Waals surface area contributed by atoms with Crippen molar-refractivity contribution < 1.29 is 0 Å². The highest BCUT2D eigenvalue weighted by atomic mass is 14.9. The van der Waals surface area contributed by atoms with Crippen LogP contribution in [0.2, 0.25) is 0 Å². The van der Waals surface area contributed by atoms with E-state index in [9.17, 15) is 0 Å². The molecule has 2 heteroatoms. The predicted octanol–water partition coefficient (Wildman–Crippen LogP) is 4.05. The van der Waals surface area contributed by atoms with Crippen LogP contribution in [0, 0.1) is 0 Å². The monoisotopic (exact) mass is 254 g/mol. The molecule has 3 rings (SSSR count). The van der Waals surface area contributed by atoms with Crippen LogP contribution in [-0.2, 0) is 6.54 Å². The molecule has 0 spiro atoms. The number of rotatable bonds is 3. The Kier molecular flexibility index (Phi) is 4.09. The minimum absolute atomic E-state index is 0.715. The lowest BCUT2D eigenvalue weighted by Gasteiger charge is -2.16. The van der Waals surface area contributed by atoms with Gasteiger partial charge in [-0.05, 0) is 36.6 Å². The van der Waals surface area contributed by atoms with Crippen LogP contribution in [-0.4, -0.2) is 11.0 Å². The standard InChI is InChI=1S/C17H22N2/c1-2-4-8-16(7-3-1)19-13-14-9-10-17-15(12-14)6-5-11-18-17/h5-6,9-12,16,19H,1-4,7-8,13H2. The molecule has 100 valence electrons. The summed E-state index contributed by atoms with van der Waals surface area (Å²) < 4.78 is 0. The molecule has 0 radical (unpaired) electrons. The van der Waals surface area contributed by atoms with Crippen molar-refractivity contribution in [3.8, 4) is 0 Å². The van der Waals surface area contributed by atoms with Gasteiger partial charge < -0.3 is 5.32 Å². The first-order chi connectivity index (χ1) is 9.42. The Labute approximate surface area is 115 Å². The highest BCUT2D eigenvalue weighted by Crippen LogP contribution is 2.18. The third kappa shape index (κ3) is 3.32. The molecule has 2 nitrogen and oxygen atoms in total. The first kappa shape index (κ1) is 12.6. The Balaban J connectivity index is 1.64. The van der Waals surface area contributed by atoms with E-state index in [0.717, 1.165) is 12.1 Å². The molecule has 0 saturated heterocycles. The highest BCUT2D eigenvalue weighted by Gasteiger charge is 2.11. The fourth-order valence-corrected chi connectivity index (χ4v) is 2.98. The zero-order valence-corrected chi connectivity index (χ0v) is 11.4. The molecule has 1 aliphatic rings. The molecule has 1 fully saturated rings. The predicted molar refractivity (Wildman–Crippen MR) is 80.1 cm³/mol. The molecule has 0 atom stereocenters. The van der Waals surface area contributed by atoms with Crippen molar-refractivity contribution >= 4 is 10.9 Å². The number of aromatic nitrogens is 1. The van der Waals surface area contributed by atoms with Crippen molar-refractivity contribution in [3.05, 3.63) is 42.1 Å². The Morgan fingerprint density at radius 2 is 1.89 bits per heavy atom. The van der Waals surface area contributed by atoms with E-state index in [2.05, 4.69) is 34.6 Å². The third-order valence-electron chi connectivity index (χ3n) is 4.12. The van der Waals surface area contributed by atoms with E-state index in [-0.39, 0.29) is 0 Å². The number of benzene rings is 1. The fourth-order valence-electron chi connectivity index (χ4n) is 2.98. The first-order valence-electron chi connectivity index (χ1n) is 7.49. The maximum atomic E-state index is 4.36. The molecular formula is C17H22N2. The van der Waals surface area contributed by atoms with Gasteiger partial charge in [0.2, 0.25) is 0 Å². The number of fused-ring (bicyclic) bond motifs is 1. The van der Waals surface area contributed by atoms with Crippen molar-refractivity contribution in [3.63, 3.8) is 0 Å². The maximum absolute atomic E-state index is 4.36. The van der Waals surface area contributed by atoms with E-state index < -0.39 is 0 Å². The Morgan fingerprint density at radius 3 is 2.74 bits per heavy atom. The first-order valence-corrected chi connectivity index (χ1v) is 7.49. The second kappa shape index (κ2) is 6.16. The summed E-state index contributed by atoms with van der Waals surface area (Å²) >= 11 is 0. The van der Waals surface area contributed by atoms with Crippen LogP contribution in [0.25, 0.3) is 10.9 Å². The van der Waals surface area contributed by atoms with Crippen molar-refractivity contribution in [2.24, 2.45) is 0 Å². The lowest BCUT2D eigenvalue weighted by molar-refractivity contribution is 0.459. The van der Waals surface area contributed by atoms with Gasteiger partial charge in [0.05, 0.1) is 5.52 Å². The SMILES string of the molecule is c1cnc2ccc(CNC3CCCCCC3)cc2c1. The zero-order valence-electron chi connectivity index (χ0n) is 11.4. The lowest BCUT2D eigenvalue weighted by Crippen LogP contribution is -2.27. The zero-order chi connectivity index (χ0) is 12.9. The number of hydrogen-bond donors (Lipinski definition) is 1. The van der Waals surface area contributed by atoms with Gasteiger partial charge in [0, 0.05) is 24.2 Å². The number of pyridine rings is 1. The summed E-state index contributed by atoms with van der Waals surface area (Å²) in [4.78, 5) is 4.36. The molecule has 19 heavy (non-hydrogen) atoms. The van der Waals surface area contributed by atoms with E-state index in [1.807, 2.05) is 12.3 Å². The topological polar surface area (TPSA) is 24.9 Å². The summed E-state index contributed by atoms with van der Waals surface area (Å²) in [5.41, 5.74) is 2.45. The van der Waals surface area contributed by atoms with Crippen LogP contribution in [0.15, 0.2) is 36.5 Å². The minimum Gasteiger partial charge on any atom is -0.310 e. The van der Waals surface area contributed by atoms with Gasteiger partial charge >= 0.3 is 0 Å². The van der Waals surface area contributed by atoms with Gasteiger partial charge in [0.1, 0.15) is 0 Å². The Bertz CT molecular complexity index is 528. The molecule has 1 N–H and O–H groups in total. The fraction of sp³-hybridized carbons (Fsp3) is 0.471. The summed E-state index contributed by atoms with van der Waals surface area (Å²) in [5, 5.41) is 4.96. The van der Waals surface area contributed by atoms with Gasteiger partial charge in [-0.25, -0.2) is 0 Å². The molecule has 0 bridgehead atoms. The summed E-state index contributed by atoms with van der Waals surface area (Å²) in [6.45, 7) is 0.982. The summed E-state index contributed by atoms with van der Waals surface area (Å²) in [6, 6.07) is 11.4. The second-order valence-corrected chi connectivity index (χ2v) is 5.60. The van der Waals surface area contributed by atoms with Crippen LogP contribution < -0.4 is 5.32 Å². The average Bonchev–Trinajstić information content (AvgIpc) is 2.73. The molecule has 1 heterocycles. The number of hydrogen-bond acceptors (Lipinski definition) is 2. The lowest BCUT2D eigenvalue weighted by atomic mass is 10.1. The van der Waals surface area contributed by atoms with E-state index in [0.29, 0.717) is 6.04 Å². The van der Waals surface area contributed by atoms with E-state index in [1.54, 1.807) is 0 Å². The summed E-state index contributed by atoms with van der Waals surface area (Å²) in [5.74, 6) is 0. The van der Waals surface area contributed by atoms with Crippen LogP contribution >= 0.6 is 0 Å². The minimum atomic E-state index is 0.715. The van der Waals surface area contributed by atoms with Gasteiger partial charge in [0.15, 0.2) is 0 Å². The highest BCUT2D eigenvalue weighted by molar-refractivity contribution is 5.78. The van der Waals surface area contributed by atoms with Crippen LogP contribution in [0.5, 0.6) is 0 Å². The average molecular weight is 254 g/mol. The maximum Gasteiger partial charge on any atom is 0.0702 e. The summed E-state index contributed by atoms with van der Waals surface area (Å²) in [7, 11) is 0.